The van der Waals surface area contributed by atoms with Crippen LogP contribution < -0.4 is 4.90 Å². The summed E-state index contributed by atoms with van der Waals surface area (Å²) in [5.41, 5.74) is 2.20. The summed E-state index contributed by atoms with van der Waals surface area (Å²) in [4.78, 5) is 23.4. The van der Waals surface area contributed by atoms with Crippen molar-refractivity contribution in [2.24, 2.45) is 4.99 Å². The monoisotopic (exact) mass is 409 g/mol. The molecule has 0 N–H and O–H groups in total. The lowest BCUT2D eigenvalue weighted by Crippen LogP contribution is -2.32. The van der Waals surface area contributed by atoms with Gasteiger partial charge in [-0.05, 0) is 23.8 Å². The van der Waals surface area contributed by atoms with E-state index in [9.17, 15) is 4.79 Å². The van der Waals surface area contributed by atoms with Crippen LogP contribution in [0.1, 0.15) is 11.1 Å². The smallest absolute Gasteiger partial charge is 0.266 e. The number of hydrogen-bond donors (Lipinski definition) is 0. The van der Waals surface area contributed by atoms with E-state index in [-0.39, 0.29) is 5.91 Å². The minimum absolute atomic E-state index is 0.170. The Bertz CT molecular complexity index is 964. The van der Waals surface area contributed by atoms with E-state index in [1.165, 1.54) is 11.3 Å². The molecule has 0 atom stereocenters. The molecule has 0 bridgehead atoms. The average Bonchev–Trinajstić information content (AvgIpc) is 3.26. The first kappa shape index (κ1) is 15.9. The molecule has 122 valence electrons. The zero-order valence-electron chi connectivity index (χ0n) is 13.0. The van der Waals surface area contributed by atoms with Crippen molar-refractivity contribution in [3.63, 3.8) is 0 Å². The van der Waals surface area contributed by atoms with Crippen LogP contribution in [-0.4, -0.2) is 16.7 Å². The molecule has 25 heavy (non-hydrogen) atoms. The molecule has 4 rings (SSSR count). The SMILES string of the molecule is O=C1/C(=C/c2ccc(Br)cc2)N=C(c2ccccc2)N1c1nccs1. The minimum atomic E-state index is -0.170. The number of thiazole rings is 1. The number of amides is 1. The van der Waals surface area contributed by atoms with Crippen molar-refractivity contribution in [3.8, 4) is 0 Å². The second kappa shape index (κ2) is 6.74. The van der Waals surface area contributed by atoms with Gasteiger partial charge in [-0.1, -0.05) is 58.4 Å². The van der Waals surface area contributed by atoms with Gasteiger partial charge >= 0.3 is 0 Å². The largest absolute Gasteiger partial charge is 0.284 e. The number of halogens is 1. The van der Waals surface area contributed by atoms with Gasteiger partial charge in [0, 0.05) is 21.6 Å². The Hall–Kier alpha value is -2.57. The van der Waals surface area contributed by atoms with Gasteiger partial charge in [0.1, 0.15) is 11.5 Å². The maximum absolute atomic E-state index is 13.0. The highest BCUT2D eigenvalue weighted by Crippen LogP contribution is 2.29. The predicted molar refractivity (Wildman–Crippen MR) is 105 cm³/mol. The lowest BCUT2D eigenvalue weighted by molar-refractivity contribution is -0.113. The zero-order chi connectivity index (χ0) is 17.2. The van der Waals surface area contributed by atoms with Crippen LogP contribution in [-0.2, 0) is 4.79 Å². The molecule has 3 aromatic rings. The summed E-state index contributed by atoms with van der Waals surface area (Å²) < 4.78 is 0.991. The lowest BCUT2D eigenvalue weighted by atomic mass is 10.2. The van der Waals surface area contributed by atoms with Gasteiger partial charge in [-0.3, -0.25) is 4.79 Å². The molecule has 0 aliphatic carbocycles. The van der Waals surface area contributed by atoms with Crippen LogP contribution in [0.3, 0.4) is 0 Å². The van der Waals surface area contributed by atoms with Crippen LogP contribution in [0.4, 0.5) is 5.13 Å². The second-order valence-corrected chi connectivity index (χ2v) is 7.13. The van der Waals surface area contributed by atoms with Gasteiger partial charge in [0.25, 0.3) is 5.91 Å². The fourth-order valence-electron chi connectivity index (χ4n) is 2.52. The number of hydrogen-bond acceptors (Lipinski definition) is 4. The first-order valence-electron chi connectivity index (χ1n) is 7.58. The van der Waals surface area contributed by atoms with Gasteiger partial charge in [0.15, 0.2) is 5.13 Å². The highest BCUT2D eigenvalue weighted by atomic mass is 79.9. The molecular formula is C19H12BrN3OS. The predicted octanol–water partition coefficient (Wildman–Crippen LogP) is 4.74. The summed E-state index contributed by atoms with van der Waals surface area (Å²) in [6.07, 6.45) is 3.48. The normalized spacial score (nSPS) is 15.7. The molecular weight excluding hydrogens is 398 g/mol. The quantitative estimate of drug-likeness (QED) is 0.586. The Labute approximate surface area is 157 Å². The van der Waals surface area contributed by atoms with E-state index in [0.29, 0.717) is 16.7 Å². The molecule has 1 aromatic heterocycles. The van der Waals surface area contributed by atoms with E-state index < -0.39 is 0 Å². The number of rotatable bonds is 3. The van der Waals surface area contributed by atoms with Gasteiger partial charge in [-0.2, -0.15) is 0 Å². The fourth-order valence-corrected chi connectivity index (χ4v) is 3.42. The molecule has 0 spiro atoms. The van der Waals surface area contributed by atoms with E-state index in [0.717, 1.165) is 15.6 Å². The topological polar surface area (TPSA) is 45.6 Å². The summed E-state index contributed by atoms with van der Waals surface area (Å²) in [5, 5.41) is 2.47. The van der Waals surface area contributed by atoms with Crippen LogP contribution in [0.25, 0.3) is 6.08 Å². The van der Waals surface area contributed by atoms with Gasteiger partial charge < -0.3 is 0 Å². The third kappa shape index (κ3) is 3.18. The highest BCUT2D eigenvalue weighted by Gasteiger charge is 2.33. The maximum Gasteiger partial charge on any atom is 0.284 e. The van der Waals surface area contributed by atoms with Crippen LogP contribution in [0.2, 0.25) is 0 Å². The fraction of sp³-hybridized carbons (Fsp3) is 0. The number of anilines is 1. The lowest BCUT2D eigenvalue weighted by Gasteiger charge is -2.14. The molecule has 6 heteroatoms. The summed E-state index contributed by atoms with van der Waals surface area (Å²) in [6.45, 7) is 0. The Morgan fingerprint density at radius 2 is 1.80 bits per heavy atom. The van der Waals surface area contributed by atoms with Crippen LogP contribution >= 0.6 is 27.3 Å². The molecule has 2 aromatic carbocycles. The van der Waals surface area contributed by atoms with E-state index in [4.69, 9.17) is 0 Å². The molecule has 0 saturated carbocycles. The van der Waals surface area contributed by atoms with Crippen LogP contribution in [0.15, 0.2) is 81.3 Å². The molecule has 1 amide bonds. The van der Waals surface area contributed by atoms with E-state index in [2.05, 4.69) is 25.9 Å². The number of carbonyl (C=O) groups excluding carboxylic acids is 1. The minimum Gasteiger partial charge on any atom is -0.266 e. The molecule has 0 fully saturated rings. The van der Waals surface area contributed by atoms with Crippen LogP contribution in [0.5, 0.6) is 0 Å². The number of benzene rings is 2. The summed E-state index contributed by atoms with van der Waals surface area (Å²) in [5.74, 6) is 0.431. The van der Waals surface area contributed by atoms with Crippen molar-refractivity contribution in [1.29, 1.82) is 0 Å². The number of aromatic nitrogens is 1. The van der Waals surface area contributed by atoms with Gasteiger partial charge in [0.05, 0.1) is 0 Å². The van der Waals surface area contributed by atoms with E-state index in [1.54, 1.807) is 17.2 Å². The summed E-state index contributed by atoms with van der Waals surface area (Å²) in [6, 6.07) is 17.4. The van der Waals surface area contributed by atoms with Crippen molar-refractivity contribution in [2.45, 2.75) is 0 Å². The summed E-state index contributed by atoms with van der Waals surface area (Å²) >= 11 is 4.83. The Morgan fingerprint density at radius 1 is 1.04 bits per heavy atom. The number of carbonyl (C=O) groups is 1. The number of aliphatic imine (C=N–C) groups is 1. The van der Waals surface area contributed by atoms with E-state index >= 15 is 0 Å². The highest BCUT2D eigenvalue weighted by molar-refractivity contribution is 9.10. The zero-order valence-corrected chi connectivity index (χ0v) is 15.4. The van der Waals surface area contributed by atoms with Crippen molar-refractivity contribution in [3.05, 3.63) is 87.5 Å². The number of nitrogens with zero attached hydrogens (tertiary/aromatic N) is 3. The van der Waals surface area contributed by atoms with Crippen molar-refractivity contribution in [1.82, 2.24) is 4.98 Å². The van der Waals surface area contributed by atoms with E-state index in [1.807, 2.05) is 60.0 Å². The Kier molecular flexibility index (Phi) is 4.29. The standard InChI is InChI=1S/C19H12BrN3OS/c20-15-8-6-13(7-9-15)12-16-18(24)23(19-21-10-11-25-19)17(22-16)14-4-2-1-3-5-14/h1-12H/b16-12-. The van der Waals surface area contributed by atoms with Gasteiger partial charge in [-0.15, -0.1) is 11.3 Å². The molecule has 0 radical (unpaired) electrons. The third-order valence-electron chi connectivity index (χ3n) is 3.68. The van der Waals surface area contributed by atoms with Gasteiger partial charge in [-0.25, -0.2) is 14.9 Å². The molecule has 0 saturated heterocycles. The maximum atomic E-state index is 13.0. The Morgan fingerprint density at radius 3 is 2.48 bits per heavy atom. The van der Waals surface area contributed by atoms with Crippen LogP contribution in [0, 0.1) is 0 Å². The molecule has 4 nitrogen and oxygen atoms in total. The summed E-state index contributed by atoms with van der Waals surface area (Å²) in [7, 11) is 0. The molecule has 1 aliphatic heterocycles. The van der Waals surface area contributed by atoms with Crippen molar-refractivity contribution < 1.29 is 4.79 Å². The van der Waals surface area contributed by atoms with Crippen molar-refractivity contribution >= 4 is 50.2 Å². The van der Waals surface area contributed by atoms with Gasteiger partial charge in [0.2, 0.25) is 0 Å². The first-order valence-corrected chi connectivity index (χ1v) is 9.25. The molecule has 2 heterocycles. The second-order valence-electron chi connectivity index (χ2n) is 5.34. The number of amidine groups is 1. The first-order chi connectivity index (χ1) is 12.2. The molecule has 1 aliphatic rings. The average molecular weight is 410 g/mol. The molecule has 0 unspecified atom stereocenters. The third-order valence-corrected chi connectivity index (χ3v) is 4.96. The Balaban J connectivity index is 1.80. The van der Waals surface area contributed by atoms with Crippen molar-refractivity contribution in [2.75, 3.05) is 4.90 Å².